The minimum atomic E-state index is -0.119. The number of hydrogen-bond donors (Lipinski definition) is 2. The van der Waals surface area contributed by atoms with Crippen LogP contribution in [0.2, 0.25) is 0 Å². The fourth-order valence-corrected chi connectivity index (χ4v) is 1.06. The van der Waals surface area contributed by atoms with E-state index in [9.17, 15) is 9.81 Å². The molecule has 1 aliphatic heterocycles. The molecule has 0 amide bonds. The molecule has 0 aromatic carbocycles. The summed E-state index contributed by atoms with van der Waals surface area (Å²) in [7, 11) is 0. The fraction of sp³-hybridized carbons (Fsp3) is 1.00. The Morgan fingerprint density at radius 1 is 1.12 bits per heavy atom. The van der Waals surface area contributed by atoms with Gasteiger partial charge in [-0.05, 0) is 0 Å². The van der Waals surface area contributed by atoms with Gasteiger partial charge in [0, 0.05) is 0 Å². The molecule has 17 heavy (non-hydrogen) atoms. The Morgan fingerprint density at radius 2 is 1.65 bits per heavy atom. The number of aliphatic hydroxyl groups excluding tert-OH is 2. The topological polar surface area (TPSA) is 115 Å². The summed E-state index contributed by atoms with van der Waals surface area (Å²) in [5.74, 6) is 0. The molecule has 2 N–H and O–H groups in total. The molecular formula is C8H18N4O5. The Balaban J connectivity index is 0.000000302. The van der Waals surface area contributed by atoms with Crippen LogP contribution >= 0.6 is 0 Å². The number of nitroso groups, excluding NO2 is 2. The molecule has 1 saturated heterocycles. The zero-order chi connectivity index (χ0) is 12.9. The minimum absolute atomic E-state index is 0.119. The van der Waals surface area contributed by atoms with Crippen molar-refractivity contribution in [3.8, 4) is 0 Å². The third-order valence-electron chi connectivity index (χ3n) is 1.93. The van der Waals surface area contributed by atoms with Gasteiger partial charge in [-0.1, -0.05) is 0 Å². The Hall–Kier alpha value is -1.32. The van der Waals surface area contributed by atoms with Crippen LogP contribution in [0.15, 0.2) is 10.6 Å². The zero-order valence-electron chi connectivity index (χ0n) is 9.56. The van der Waals surface area contributed by atoms with Gasteiger partial charge >= 0.3 is 0 Å². The van der Waals surface area contributed by atoms with Crippen LogP contribution < -0.4 is 0 Å². The van der Waals surface area contributed by atoms with Gasteiger partial charge in [-0.3, -0.25) is 10.0 Å². The van der Waals surface area contributed by atoms with Crippen LogP contribution in [0.4, 0.5) is 0 Å². The van der Waals surface area contributed by atoms with E-state index in [2.05, 4.69) is 10.6 Å². The van der Waals surface area contributed by atoms with Gasteiger partial charge in [0.15, 0.2) is 0 Å². The summed E-state index contributed by atoms with van der Waals surface area (Å²) in [5, 5.41) is 24.3. The third-order valence-corrected chi connectivity index (χ3v) is 1.93. The van der Waals surface area contributed by atoms with Crippen molar-refractivity contribution in [2.75, 3.05) is 52.6 Å². The minimum Gasteiger partial charge on any atom is -0.394 e. The lowest BCUT2D eigenvalue weighted by atomic mass is 10.5. The lowest BCUT2D eigenvalue weighted by molar-refractivity contribution is 0.0383. The number of ether oxygens (including phenoxy) is 1. The van der Waals surface area contributed by atoms with Crippen LogP contribution in [-0.2, 0) is 4.74 Å². The SMILES string of the molecule is O=NN(CCO)CCO.O=NN1CCOCC1. The van der Waals surface area contributed by atoms with Gasteiger partial charge in [0.2, 0.25) is 0 Å². The standard InChI is InChI=1S/C4H10N2O3.C4H8N2O2/c7-3-1-6(5-9)2-4-8;7-5-6-1-3-8-4-2-6/h7-8H,1-4H2;1-4H2. The maximum Gasteiger partial charge on any atom is 0.0660 e. The van der Waals surface area contributed by atoms with Crippen LogP contribution in [0.5, 0.6) is 0 Å². The van der Waals surface area contributed by atoms with E-state index in [4.69, 9.17) is 14.9 Å². The highest BCUT2D eigenvalue weighted by molar-refractivity contribution is 4.54. The second-order valence-corrected chi connectivity index (χ2v) is 3.13. The third kappa shape index (κ3) is 8.48. The molecule has 0 saturated carbocycles. The van der Waals surface area contributed by atoms with E-state index in [0.29, 0.717) is 26.3 Å². The highest BCUT2D eigenvalue weighted by Crippen LogP contribution is 1.94. The van der Waals surface area contributed by atoms with E-state index in [1.165, 1.54) is 5.01 Å². The molecule has 9 nitrogen and oxygen atoms in total. The highest BCUT2D eigenvalue weighted by atomic mass is 16.5. The van der Waals surface area contributed by atoms with Gasteiger partial charge in [0.05, 0.1) is 63.2 Å². The molecule has 0 unspecified atom stereocenters. The van der Waals surface area contributed by atoms with Crippen molar-refractivity contribution in [3.63, 3.8) is 0 Å². The summed E-state index contributed by atoms with van der Waals surface area (Å²) in [6.07, 6.45) is 0. The van der Waals surface area contributed by atoms with E-state index in [1.807, 2.05) is 0 Å². The number of rotatable bonds is 6. The van der Waals surface area contributed by atoms with Gasteiger partial charge in [-0.25, -0.2) is 0 Å². The Bertz CT molecular complexity index is 194. The van der Waals surface area contributed by atoms with Gasteiger partial charge in [0.1, 0.15) is 0 Å². The molecule has 1 heterocycles. The molecule has 0 bridgehead atoms. The fourth-order valence-electron chi connectivity index (χ4n) is 1.06. The van der Waals surface area contributed by atoms with Crippen LogP contribution in [-0.4, -0.2) is 72.8 Å². The first-order valence-electron chi connectivity index (χ1n) is 5.24. The average Bonchev–Trinajstić information content (AvgIpc) is 2.40. The first-order valence-corrected chi connectivity index (χ1v) is 5.24. The predicted molar refractivity (Wildman–Crippen MR) is 59.7 cm³/mol. The van der Waals surface area contributed by atoms with Gasteiger partial charge in [0.25, 0.3) is 0 Å². The molecule has 100 valence electrons. The summed E-state index contributed by atoms with van der Waals surface area (Å²) < 4.78 is 4.96. The molecule has 0 aliphatic carbocycles. The van der Waals surface area contributed by atoms with Crippen molar-refractivity contribution in [3.05, 3.63) is 9.81 Å². The monoisotopic (exact) mass is 250 g/mol. The highest BCUT2D eigenvalue weighted by Gasteiger charge is 2.06. The van der Waals surface area contributed by atoms with E-state index >= 15 is 0 Å². The van der Waals surface area contributed by atoms with Gasteiger partial charge < -0.3 is 14.9 Å². The summed E-state index contributed by atoms with van der Waals surface area (Å²) in [6.45, 7) is 2.68. The van der Waals surface area contributed by atoms with Crippen molar-refractivity contribution in [2.24, 2.45) is 10.6 Å². The summed E-state index contributed by atoms with van der Waals surface area (Å²) in [4.78, 5) is 19.5. The Labute approximate surface area is 98.8 Å². The average molecular weight is 250 g/mol. The molecule has 0 aromatic rings. The van der Waals surface area contributed by atoms with Crippen molar-refractivity contribution in [2.45, 2.75) is 0 Å². The molecule has 0 radical (unpaired) electrons. The zero-order valence-corrected chi connectivity index (χ0v) is 9.56. The molecule has 0 aromatic heterocycles. The van der Waals surface area contributed by atoms with E-state index < -0.39 is 0 Å². The van der Waals surface area contributed by atoms with Crippen molar-refractivity contribution >= 4 is 0 Å². The first kappa shape index (κ1) is 15.7. The molecule has 1 fully saturated rings. The Morgan fingerprint density at radius 3 is 1.94 bits per heavy atom. The second-order valence-electron chi connectivity index (χ2n) is 3.13. The summed E-state index contributed by atoms with van der Waals surface area (Å²) >= 11 is 0. The summed E-state index contributed by atoms with van der Waals surface area (Å²) in [6, 6.07) is 0. The lowest BCUT2D eigenvalue weighted by Gasteiger charge is -2.19. The van der Waals surface area contributed by atoms with Crippen LogP contribution in [0.1, 0.15) is 0 Å². The second kappa shape index (κ2) is 11.2. The first-order chi connectivity index (χ1) is 8.28. The van der Waals surface area contributed by atoms with E-state index in [1.54, 1.807) is 0 Å². The predicted octanol–water partition coefficient (Wildman–Crippen LogP) is -1.05. The van der Waals surface area contributed by atoms with Crippen LogP contribution in [0.3, 0.4) is 0 Å². The quantitative estimate of drug-likeness (QED) is 0.456. The largest absolute Gasteiger partial charge is 0.394 e. The lowest BCUT2D eigenvalue weighted by Crippen LogP contribution is -2.31. The molecule has 0 atom stereocenters. The van der Waals surface area contributed by atoms with E-state index in [-0.39, 0.29) is 26.3 Å². The van der Waals surface area contributed by atoms with Crippen molar-refractivity contribution < 1.29 is 14.9 Å². The number of hydrogen-bond acceptors (Lipinski definition) is 7. The van der Waals surface area contributed by atoms with Crippen LogP contribution in [0, 0.1) is 9.81 Å². The summed E-state index contributed by atoms with van der Waals surface area (Å²) in [5.41, 5.74) is 0. The number of nitrogens with zero attached hydrogens (tertiary/aromatic N) is 4. The molecule has 1 aliphatic rings. The Kier molecular flexibility index (Phi) is 10.3. The number of aliphatic hydroxyl groups is 2. The van der Waals surface area contributed by atoms with Crippen molar-refractivity contribution in [1.29, 1.82) is 0 Å². The van der Waals surface area contributed by atoms with Gasteiger partial charge in [-0.15, -0.1) is 9.81 Å². The van der Waals surface area contributed by atoms with E-state index in [0.717, 1.165) is 5.01 Å². The molecule has 0 spiro atoms. The van der Waals surface area contributed by atoms with Gasteiger partial charge in [-0.2, -0.15) is 0 Å². The maximum atomic E-state index is 9.78. The maximum absolute atomic E-state index is 9.78. The molecular weight excluding hydrogens is 232 g/mol. The number of morpholine rings is 1. The molecule has 9 heteroatoms. The van der Waals surface area contributed by atoms with Crippen LogP contribution in [0.25, 0.3) is 0 Å². The smallest absolute Gasteiger partial charge is 0.0660 e. The van der Waals surface area contributed by atoms with Crippen molar-refractivity contribution in [1.82, 2.24) is 10.0 Å². The normalized spacial score (nSPS) is 14.6. The molecule has 1 rings (SSSR count).